The zero-order chi connectivity index (χ0) is 11.4. The number of carbonyl (C=O) groups is 1. The van der Waals surface area contributed by atoms with Crippen molar-refractivity contribution in [1.29, 1.82) is 0 Å². The predicted octanol–water partition coefficient (Wildman–Crippen LogP) is 0.0770. The van der Waals surface area contributed by atoms with Crippen molar-refractivity contribution in [3.63, 3.8) is 0 Å². The molecule has 0 radical (unpaired) electrons. The maximum Gasteiger partial charge on any atom is 0.320 e. The van der Waals surface area contributed by atoms with E-state index in [4.69, 9.17) is 0 Å². The van der Waals surface area contributed by atoms with Gasteiger partial charge in [-0.2, -0.15) is 4.31 Å². The molecule has 0 heterocycles. The van der Waals surface area contributed by atoms with Crippen LogP contribution < -0.4 is 0 Å². The van der Waals surface area contributed by atoms with Crippen LogP contribution in [0.2, 0.25) is 0 Å². The number of ether oxygens (including phenoxy) is 1. The molecule has 0 aromatic heterocycles. The van der Waals surface area contributed by atoms with Gasteiger partial charge in [0.1, 0.15) is 6.54 Å². The number of hydrogen-bond acceptors (Lipinski definition) is 4. The van der Waals surface area contributed by atoms with Crippen molar-refractivity contribution >= 4 is 16.0 Å². The topological polar surface area (TPSA) is 63.7 Å². The fraction of sp³-hybridized carbons (Fsp3) is 0.875. The smallest absolute Gasteiger partial charge is 0.320 e. The van der Waals surface area contributed by atoms with E-state index in [2.05, 4.69) is 4.74 Å². The highest BCUT2D eigenvalue weighted by Crippen LogP contribution is 2.04. The van der Waals surface area contributed by atoms with Crippen LogP contribution in [-0.2, 0) is 19.6 Å². The second-order valence-corrected chi connectivity index (χ2v) is 5.63. The molecule has 84 valence electrons. The van der Waals surface area contributed by atoms with Crippen molar-refractivity contribution in [1.82, 2.24) is 4.31 Å². The van der Waals surface area contributed by atoms with E-state index in [0.29, 0.717) is 0 Å². The zero-order valence-corrected chi connectivity index (χ0v) is 9.80. The summed E-state index contributed by atoms with van der Waals surface area (Å²) in [6, 6.07) is 0. The highest BCUT2D eigenvalue weighted by atomic mass is 32.2. The average Bonchev–Trinajstić information content (AvgIpc) is 2.01. The average molecular weight is 223 g/mol. The Labute approximate surface area is 85.1 Å². The van der Waals surface area contributed by atoms with E-state index in [9.17, 15) is 13.2 Å². The van der Waals surface area contributed by atoms with E-state index in [1.807, 2.05) is 13.8 Å². The van der Waals surface area contributed by atoms with E-state index in [0.717, 1.165) is 4.31 Å². The van der Waals surface area contributed by atoms with Gasteiger partial charge in [-0.1, -0.05) is 13.8 Å². The molecule has 6 heteroatoms. The number of likely N-dealkylation sites (N-methyl/N-ethyl adjacent to an activating group) is 1. The number of carbonyl (C=O) groups excluding carboxylic acids is 1. The van der Waals surface area contributed by atoms with Crippen molar-refractivity contribution in [2.24, 2.45) is 5.92 Å². The molecule has 5 nitrogen and oxygen atoms in total. The largest absolute Gasteiger partial charge is 0.468 e. The molecule has 0 fully saturated rings. The molecule has 0 aliphatic heterocycles. The van der Waals surface area contributed by atoms with Crippen LogP contribution in [0, 0.1) is 5.92 Å². The molecular formula is C8H17NO4S. The molecule has 0 unspecified atom stereocenters. The van der Waals surface area contributed by atoms with Crippen LogP contribution in [0.3, 0.4) is 0 Å². The van der Waals surface area contributed by atoms with Crippen molar-refractivity contribution in [3.05, 3.63) is 0 Å². The van der Waals surface area contributed by atoms with Gasteiger partial charge in [0.15, 0.2) is 0 Å². The molecule has 0 atom stereocenters. The zero-order valence-electron chi connectivity index (χ0n) is 8.98. The van der Waals surface area contributed by atoms with Gasteiger partial charge < -0.3 is 4.74 Å². The van der Waals surface area contributed by atoms with Crippen LogP contribution in [0.15, 0.2) is 0 Å². The van der Waals surface area contributed by atoms with Crippen LogP contribution in [0.5, 0.6) is 0 Å². The second kappa shape index (κ2) is 5.31. The molecule has 0 amide bonds. The van der Waals surface area contributed by atoms with Crippen LogP contribution in [0.4, 0.5) is 0 Å². The summed E-state index contributed by atoms with van der Waals surface area (Å²) >= 11 is 0. The lowest BCUT2D eigenvalue weighted by Gasteiger charge is -2.16. The molecule has 0 aromatic carbocycles. The lowest BCUT2D eigenvalue weighted by Crippen LogP contribution is -2.35. The minimum Gasteiger partial charge on any atom is -0.468 e. The highest BCUT2D eigenvalue weighted by Gasteiger charge is 2.21. The summed E-state index contributed by atoms with van der Waals surface area (Å²) in [6.45, 7) is 3.39. The Morgan fingerprint density at radius 2 is 1.93 bits per heavy atom. The molecule has 0 N–H and O–H groups in total. The minimum absolute atomic E-state index is 0.0418. The molecule has 0 saturated carbocycles. The van der Waals surface area contributed by atoms with Crippen LogP contribution in [0.25, 0.3) is 0 Å². The first-order valence-electron chi connectivity index (χ1n) is 4.30. The molecule has 0 aliphatic carbocycles. The summed E-state index contributed by atoms with van der Waals surface area (Å²) in [4.78, 5) is 10.8. The van der Waals surface area contributed by atoms with Gasteiger partial charge in [0.2, 0.25) is 10.0 Å². The number of rotatable bonds is 5. The van der Waals surface area contributed by atoms with Gasteiger partial charge in [-0.3, -0.25) is 4.79 Å². The van der Waals surface area contributed by atoms with Gasteiger partial charge in [0, 0.05) is 7.05 Å². The van der Waals surface area contributed by atoms with Gasteiger partial charge in [-0.25, -0.2) is 8.42 Å². The molecule has 0 aromatic rings. The maximum absolute atomic E-state index is 11.5. The van der Waals surface area contributed by atoms with Crippen LogP contribution in [-0.4, -0.2) is 45.1 Å². The minimum atomic E-state index is -3.33. The van der Waals surface area contributed by atoms with Crippen molar-refractivity contribution in [3.8, 4) is 0 Å². The number of esters is 1. The summed E-state index contributed by atoms with van der Waals surface area (Å²) in [7, 11) is -0.735. The van der Waals surface area contributed by atoms with Crippen LogP contribution in [0.1, 0.15) is 13.8 Å². The Morgan fingerprint density at radius 3 is 2.29 bits per heavy atom. The van der Waals surface area contributed by atoms with Gasteiger partial charge in [-0.15, -0.1) is 0 Å². The number of methoxy groups -OCH3 is 1. The SMILES string of the molecule is COC(=O)CN(C)S(=O)(=O)CC(C)C. The molecule has 0 spiro atoms. The summed E-state index contributed by atoms with van der Waals surface area (Å²) in [5.74, 6) is -0.472. The lowest BCUT2D eigenvalue weighted by atomic mass is 10.3. The van der Waals surface area contributed by atoms with E-state index >= 15 is 0 Å². The quantitative estimate of drug-likeness (QED) is 0.619. The first-order valence-corrected chi connectivity index (χ1v) is 5.91. The van der Waals surface area contributed by atoms with Gasteiger partial charge in [0.25, 0.3) is 0 Å². The van der Waals surface area contributed by atoms with Crippen molar-refractivity contribution < 1.29 is 17.9 Å². The van der Waals surface area contributed by atoms with Crippen molar-refractivity contribution in [2.45, 2.75) is 13.8 Å². The van der Waals surface area contributed by atoms with Gasteiger partial charge in [0.05, 0.1) is 12.9 Å². The Hall–Kier alpha value is -0.620. The normalized spacial score (nSPS) is 12.1. The standard InChI is InChI=1S/C8H17NO4S/c1-7(2)6-14(11,12)9(3)5-8(10)13-4/h7H,5-6H2,1-4H3. The van der Waals surface area contributed by atoms with E-state index in [1.54, 1.807) is 0 Å². The third-order valence-electron chi connectivity index (χ3n) is 1.60. The molecule has 0 rings (SSSR count). The van der Waals surface area contributed by atoms with Gasteiger partial charge in [-0.05, 0) is 5.92 Å². The molecule has 0 bridgehead atoms. The fourth-order valence-electron chi connectivity index (χ4n) is 0.893. The first-order chi connectivity index (χ1) is 6.29. The summed E-state index contributed by atoms with van der Waals surface area (Å²) in [5.41, 5.74) is 0. The second-order valence-electron chi connectivity index (χ2n) is 3.50. The Bertz CT molecular complexity index is 284. The molecule has 0 aliphatic rings. The number of nitrogens with zero attached hydrogens (tertiary/aromatic N) is 1. The van der Waals surface area contributed by atoms with Crippen LogP contribution >= 0.6 is 0 Å². The Kier molecular flexibility index (Phi) is 5.07. The predicted molar refractivity (Wildman–Crippen MR) is 53.3 cm³/mol. The lowest BCUT2D eigenvalue weighted by molar-refractivity contribution is -0.140. The number of sulfonamides is 1. The third kappa shape index (κ3) is 4.57. The van der Waals surface area contributed by atoms with E-state index < -0.39 is 16.0 Å². The summed E-state index contributed by atoms with van der Waals surface area (Å²) in [6.07, 6.45) is 0. The van der Waals surface area contributed by atoms with E-state index in [-0.39, 0.29) is 18.2 Å². The molecular weight excluding hydrogens is 206 g/mol. The summed E-state index contributed by atoms with van der Waals surface area (Å²) in [5, 5.41) is 0. The van der Waals surface area contributed by atoms with Crippen molar-refractivity contribution in [2.75, 3.05) is 26.5 Å². The highest BCUT2D eigenvalue weighted by molar-refractivity contribution is 7.89. The fourth-order valence-corrected chi connectivity index (χ4v) is 2.29. The molecule has 0 saturated heterocycles. The maximum atomic E-state index is 11.5. The van der Waals surface area contributed by atoms with E-state index in [1.165, 1.54) is 14.2 Å². The summed E-state index contributed by atoms with van der Waals surface area (Å²) < 4.78 is 28.4. The number of hydrogen-bond donors (Lipinski definition) is 0. The Morgan fingerprint density at radius 1 is 1.43 bits per heavy atom. The first kappa shape index (κ1) is 13.4. The Balaban J connectivity index is 4.36. The molecule has 14 heavy (non-hydrogen) atoms. The third-order valence-corrected chi connectivity index (χ3v) is 3.76. The van der Waals surface area contributed by atoms with Gasteiger partial charge >= 0.3 is 5.97 Å². The monoisotopic (exact) mass is 223 g/mol.